The highest BCUT2D eigenvalue weighted by Crippen LogP contribution is 2.28. The van der Waals surface area contributed by atoms with Crippen LogP contribution in [-0.2, 0) is 29.0 Å². The largest absolute Gasteiger partial charge is 0.352 e. The van der Waals surface area contributed by atoms with Crippen LogP contribution in [0.15, 0.2) is 42.7 Å². The number of carbonyl (C=O) groups is 2. The summed E-state index contributed by atoms with van der Waals surface area (Å²) in [6.45, 7) is 0.494. The molecule has 0 saturated heterocycles. The summed E-state index contributed by atoms with van der Waals surface area (Å²) in [5.41, 5.74) is 3.87. The van der Waals surface area contributed by atoms with E-state index in [1.54, 1.807) is 24.3 Å². The Morgan fingerprint density at radius 3 is 2.77 bits per heavy atom. The van der Waals surface area contributed by atoms with Crippen LogP contribution < -0.4 is 10.2 Å². The van der Waals surface area contributed by atoms with Crippen LogP contribution >= 0.6 is 0 Å². The molecular formula is C17H17N3O2. The zero-order valence-corrected chi connectivity index (χ0v) is 12.4. The highest BCUT2D eigenvalue weighted by molar-refractivity contribution is 6.01. The van der Waals surface area contributed by atoms with E-state index < -0.39 is 0 Å². The maximum Gasteiger partial charge on any atom is 0.231 e. The third kappa shape index (κ3) is 2.98. The van der Waals surface area contributed by atoms with Crippen LogP contribution in [0.4, 0.5) is 5.69 Å². The summed E-state index contributed by atoms with van der Waals surface area (Å²) in [7, 11) is 1.77. The molecule has 0 radical (unpaired) electrons. The third-order valence-electron chi connectivity index (χ3n) is 3.82. The molecule has 2 amide bonds. The molecule has 112 valence electrons. The lowest BCUT2D eigenvalue weighted by Crippen LogP contribution is -2.24. The Kier molecular flexibility index (Phi) is 3.87. The maximum atomic E-state index is 12.0. The summed E-state index contributed by atoms with van der Waals surface area (Å²) in [5.74, 6) is 0.0590. The SMILES string of the molecule is CN1C(=O)Cc2cc(CC(=O)NCc3ccncc3)ccc21. The van der Waals surface area contributed by atoms with Crippen molar-refractivity contribution in [2.45, 2.75) is 19.4 Å². The Morgan fingerprint density at radius 1 is 1.23 bits per heavy atom. The van der Waals surface area contributed by atoms with Crippen molar-refractivity contribution in [2.24, 2.45) is 0 Å². The van der Waals surface area contributed by atoms with E-state index in [4.69, 9.17) is 0 Å². The van der Waals surface area contributed by atoms with Gasteiger partial charge in [0.15, 0.2) is 0 Å². The van der Waals surface area contributed by atoms with Crippen molar-refractivity contribution in [3.8, 4) is 0 Å². The van der Waals surface area contributed by atoms with E-state index in [9.17, 15) is 9.59 Å². The van der Waals surface area contributed by atoms with Crippen molar-refractivity contribution < 1.29 is 9.59 Å². The van der Waals surface area contributed by atoms with Crippen molar-refractivity contribution in [3.63, 3.8) is 0 Å². The normalized spacial score (nSPS) is 13.1. The summed E-state index contributed by atoms with van der Waals surface area (Å²) in [6, 6.07) is 9.50. The van der Waals surface area contributed by atoms with Gasteiger partial charge >= 0.3 is 0 Å². The molecule has 5 heteroatoms. The van der Waals surface area contributed by atoms with E-state index in [0.717, 1.165) is 22.4 Å². The summed E-state index contributed by atoms with van der Waals surface area (Å²) in [6.07, 6.45) is 4.14. The monoisotopic (exact) mass is 295 g/mol. The molecule has 0 bridgehead atoms. The number of likely N-dealkylation sites (N-methyl/N-ethyl adjacent to an activating group) is 1. The van der Waals surface area contributed by atoms with Gasteiger partial charge in [-0.1, -0.05) is 12.1 Å². The van der Waals surface area contributed by atoms with E-state index in [-0.39, 0.29) is 11.8 Å². The number of amides is 2. The molecular weight excluding hydrogens is 278 g/mol. The van der Waals surface area contributed by atoms with Gasteiger partial charge in [-0.15, -0.1) is 0 Å². The number of aromatic nitrogens is 1. The minimum absolute atomic E-state index is 0.0329. The average Bonchev–Trinajstić information content (AvgIpc) is 2.81. The minimum Gasteiger partial charge on any atom is -0.352 e. The van der Waals surface area contributed by atoms with Crippen molar-refractivity contribution in [1.82, 2.24) is 10.3 Å². The van der Waals surface area contributed by atoms with Crippen molar-refractivity contribution in [3.05, 3.63) is 59.4 Å². The topological polar surface area (TPSA) is 62.3 Å². The second-order valence-electron chi connectivity index (χ2n) is 5.40. The molecule has 0 unspecified atom stereocenters. The van der Waals surface area contributed by atoms with Gasteiger partial charge in [-0.05, 0) is 34.9 Å². The first-order valence-electron chi connectivity index (χ1n) is 7.17. The van der Waals surface area contributed by atoms with Gasteiger partial charge in [0.1, 0.15) is 0 Å². The van der Waals surface area contributed by atoms with Gasteiger partial charge < -0.3 is 10.2 Å². The zero-order chi connectivity index (χ0) is 15.5. The summed E-state index contributed by atoms with van der Waals surface area (Å²) < 4.78 is 0. The summed E-state index contributed by atoms with van der Waals surface area (Å²) in [4.78, 5) is 29.3. The Balaban J connectivity index is 1.61. The molecule has 0 aliphatic carbocycles. The summed E-state index contributed by atoms with van der Waals surface area (Å²) in [5, 5.41) is 2.89. The molecule has 1 aliphatic rings. The second-order valence-corrected chi connectivity index (χ2v) is 5.40. The van der Waals surface area contributed by atoms with Crippen molar-refractivity contribution in [2.75, 3.05) is 11.9 Å². The van der Waals surface area contributed by atoms with Crippen LogP contribution in [0.5, 0.6) is 0 Å². The number of fused-ring (bicyclic) bond motifs is 1. The van der Waals surface area contributed by atoms with E-state index in [2.05, 4.69) is 10.3 Å². The van der Waals surface area contributed by atoms with E-state index in [0.29, 0.717) is 19.4 Å². The van der Waals surface area contributed by atoms with Gasteiger partial charge in [0.05, 0.1) is 12.8 Å². The van der Waals surface area contributed by atoms with Gasteiger partial charge in [0.25, 0.3) is 0 Å². The highest BCUT2D eigenvalue weighted by atomic mass is 16.2. The number of rotatable bonds is 4. The summed E-state index contributed by atoms with van der Waals surface area (Å²) >= 11 is 0. The Hall–Kier alpha value is -2.69. The fourth-order valence-electron chi connectivity index (χ4n) is 2.58. The van der Waals surface area contributed by atoms with E-state index in [1.165, 1.54) is 0 Å². The molecule has 1 aromatic heterocycles. The molecule has 2 heterocycles. The minimum atomic E-state index is -0.0329. The molecule has 2 aromatic rings. The number of benzene rings is 1. The van der Waals surface area contributed by atoms with Crippen LogP contribution in [-0.4, -0.2) is 23.8 Å². The predicted molar refractivity (Wildman–Crippen MR) is 83.3 cm³/mol. The molecule has 0 spiro atoms. The van der Waals surface area contributed by atoms with Crippen molar-refractivity contribution in [1.29, 1.82) is 0 Å². The number of nitrogens with zero attached hydrogens (tertiary/aromatic N) is 2. The van der Waals surface area contributed by atoms with Crippen LogP contribution in [0.2, 0.25) is 0 Å². The number of pyridine rings is 1. The van der Waals surface area contributed by atoms with Gasteiger partial charge in [0.2, 0.25) is 11.8 Å². The molecule has 0 saturated carbocycles. The molecule has 0 atom stereocenters. The quantitative estimate of drug-likeness (QED) is 0.929. The lowest BCUT2D eigenvalue weighted by Gasteiger charge is -2.10. The Labute approximate surface area is 129 Å². The number of carbonyl (C=O) groups excluding carboxylic acids is 2. The highest BCUT2D eigenvalue weighted by Gasteiger charge is 2.23. The number of hydrogen-bond donors (Lipinski definition) is 1. The average molecular weight is 295 g/mol. The lowest BCUT2D eigenvalue weighted by molar-refractivity contribution is -0.120. The Morgan fingerprint density at radius 2 is 2.00 bits per heavy atom. The van der Waals surface area contributed by atoms with Crippen LogP contribution in [0.1, 0.15) is 16.7 Å². The van der Waals surface area contributed by atoms with Crippen LogP contribution in [0.25, 0.3) is 0 Å². The molecule has 1 aliphatic heterocycles. The lowest BCUT2D eigenvalue weighted by atomic mass is 10.1. The Bertz CT molecular complexity index is 713. The molecule has 1 N–H and O–H groups in total. The van der Waals surface area contributed by atoms with Gasteiger partial charge in [0, 0.05) is 31.7 Å². The first kappa shape index (κ1) is 14.3. The molecule has 22 heavy (non-hydrogen) atoms. The number of anilines is 1. The second kappa shape index (κ2) is 5.97. The van der Waals surface area contributed by atoms with E-state index in [1.807, 2.05) is 30.3 Å². The van der Waals surface area contributed by atoms with Crippen LogP contribution in [0.3, 0.4) is 0 Å². The standard InChI is InChI=1S/C17H17N3O2/c1-20-15-3-2-13(8-14(15)10-17(20)22)9-16(21)19-11-12-4-6-18-7-5-12/h2-8H,9-11H2,1H3,(H,19,21). The molecule has 0 fully saturated rings. The smallest absolute Gasteiger partial charge is 0.231 e. The number of hydrogen-bond acceptors (Lipinski definition) is 3. The van der Waals surface area contributed by atoms with Gasteiger partial charge in [-0.3, -0.25) is 14.6 Å². The first-order valence-corrected chi connectivity index (χ1v) is 7.17. The molecule has 1 aromatic carbocycles. The third-order valence-corrected chi connectivity index (χ3v) is 3.82. The van der Waals surface area contributed by atoms with Crippen molar-refractivity contribution >= 4 is 17.5 Å². The van der Waals surface area contributed by atoms with Crippen LogP contribution in [0, 0.1) is 0 Å². The predicted octanol–water partition coefficient (Wildman–Crippen LogP) is 1.46. The van der Waals surface area contributed by atoms with Gasteiger partial charge in [-0.2, -0.15) is 0 Å². The fourth-order valence-corrected chi connectivity index (χ4v) is 2.58. The number of nitrogens with one attached hydrogen (secondary N) is 1. The molecule has 3 rings (SSSR count). The molecule has 5 nitrogen and oxygen atoms in total. The first-order chi connectivity index (χ1) is 10.6. The maximum absolute atomic E-state index is 12.0. The van der Waals surface area contributed by atoms with E-state index >= 15 is 0 Å². The fraction of sp³-hybridized carbons (Fsp3) is 0.235. The zero-order valence-electron chi connectivity index (χ0n) is 12.4. The van der Waals surface area contributed by atoms with Gasteiger partial charge in [-0.25, -0.2) is 0 Å².